The zero-order valence-corrected chi connectivity index (χ0v) is 16.8. The Labute approximate surface area is 183 Å². The Morgan fingerprint density at radius 2 is 1.31 bits per heavy atom. The van der Waals surface area contributed by atoms with Crippen LogP contribution in [0.25, 0.3) is 0 Å². The molecule has 32 heavy (non-hydrogen) atoms. The van der Waals surface area contributed by atoms with E-state index < -0.39 is 5.97 Å². The number of carboxylic acids is 1. The van der Waals surface area contributed by atoms with Crippen molar-refractivity contribution >= 4 is 41.4 Å². The van der Waals surface area contributed by atoms with Crippen LogP contribution in [0.2, 0.25) is 0 Å². The second kappa shape index (κ2) is 9.81. The van der Waals surface area contributed by atoms with Crippen molar-refractivity contribution in [1.29, 1.82) is 0 Å². The molecule has 0 aliphatic rings. The lowest BCUT2D eigenvalue weighted by Crippen LogP contribution is -2.07. The lowest BCUT2D eigenvalue weighted by molar-refractivity contribution is 0.0697. The summed E-state index contributed by atoms with van der Waals surface area (Å²) in [6, 6.07) is 25.5. The molecule has 0 unspecified atom stereocenters. The van der Waals surface area contributed by atoms with Crippen LogP contribution in [0.5, 0.6) is 0 Å². The molecule has 4 N–H and O–H groups in total. The average molecular weight is 425 g/mol. The van der Waals surface area contributed by atoms with Gasteiger partial charge in [-0.25, -0.2) is 10.2 Å². The summed E-state index contributed by atoms with van der Waals surface area (Å²) in [7, 11) is 0. The number of nitrogens with zero attached hydrogens (tertiary/aromatic N) is 4. The molecule has 3 aromatic carbocycles. The van der Waals surface area contributed by atoms with Crippen LogP contribution in [0.3, 0.4) is 0 Å². The first-order chi connectivity index (χ1) is 15.7. The predicted octanol–water partition coefficient (Wildman–Crippen LogP) is 4.50. The summed E-state index contributed by atoms with van der Waals surface area (Å²) in [6.45, 7) is 0. The van der Waals surface area contributed by atoms with Crippen LogP contribution in [0, 0.1) is 0 Å². The quantitative estimate of drug-likeness (QED) is 0.240. The highest BCUT2D eigenvalue weighted by atomic mass is 16.4. The van der Waals surface area contributed by atoms with E-state index in [9.17, 15) is 4.79 Å². The number of hydrogen-bond donors (Lipinski definition) is 4. The molecule has 0 saturated carbocycles. The van der Waals surface area contributed by atoms with Crippen LogP contribution in [0.4, 0.5) is 29.2 Å². The summed E-state index contributed by atoms with van der Waals surface area (Å²) in [4.78, 5) is 24.3. The largest absolute Gasteiger partial charge is 0.478 e. The van der Waals surface area contributed by atoms with E-state index in [1.807, 2.05) is 60.7 Å². The molecule has 0 spiro atoms. The van der Waals surface area contributed by atoms with E-state index >= 15 is 0 Å². The van der Waals surface area contributed by atoms with Crippen molar-refractivity contribution in [1.82, 2.24) is 15.0 Å². The van der Waals surface area contributed by atoms with Gasteiger partial charge in [0.15, 0.2) is 0 Å². The van der Waals surface area contributed by atoms with Crippen molar-refractivity contribution in [2.75, 3.05) is 16.1 Å². The second-order valence-electron chi connectivity index (χ2n) is 6.59. The summed E-state index contributed by atoms with van der Waals surface area (Å²) in [6.07, 6.45) is 1.49. The Morgan fingerprint density at radius 3 is 1.88 bits per heavy atom. The summed E-state index contributed by atoms with van der Waals surface area (Å²) < 4.78 is 0. The molecule has 0 aliphatic carbocycles. The number of hydrazone groups is 1. The number of benzene rings is 3. The molecule has 0 fully saturated rings. The smallest absolute Gasteiger partial charge is 0.335 e. The van der Waals surface area contributed by atoms with Gasteiger partial charge in [-0.3, -0.25) is 0 Å². The molecular weight excluding hydrogens is 406 g/mol. The van der Waals surface area contributed by atoms with Gasteiger partial charge in [-0.15, -0.1) is 0 Å². The summed E-state index contributed by atoms with van der Waals surface area (Å²) in [5.41, 5.74) is 5.22. The van der Waals surface area contributed by atoms with E-state index in [2.05, 4.69) is 36.1 Å². The third kappa shape index (κ3) is 5.63. The summed E-state index contributed by atoms with van der Waals surface area (Å²) in [5.74, 6) is -0.133. The van der Waals surface area contributed by atoms with Gasteiger partial charge in [0.2, 0.25) is 17.8 Å². The molecule has 9 heteroatoms. The van der Waals surface area contributed by atoms with Crippen molar-refractivity contribution in [3.8, 4) is 0 Å². The van der Waals surface area contributed by atoms with Crippen LogP contribution < -0.4 is 16.1 Å². The van der Waals surface area contributed by atoms with Gasteiger partial charge in [0.25, 0.3) is 0 Å². The molecule has 0 atom stereocenters. The van der Waals surface area contributed by atoms with Gasteiger partial charge < -0.3 is 15.7 Å². The maximum absolute atomic E-state index is 11.1. The fourth-order valence-corrected chi connectivity index (χ4v) is 2.76. The number of aromatic nitrogens is 3. The van der Waals surface area contributed by atoms with E-state index in [1.165, 1.54) is 18.3 Å². The fourth-order valence-electron chi connectivity index (χ4n) is 2.76. The molecule has 0 saturated heterocycles. The van der Waals surface area contributed by atoms with Crippen molar-refractivity contribution in [2.24, 2.45) is 5.10 Å². The molecule has 0 radical (unpaired) electrons. The van der Waals surface area contributed by atoms with Crippen molar-refractivity contribution < 1.29 is 9.90 Å². The van der Waals surface area contributed by atoms with Crippen molar-refractivity contribution in [2.45, 2.75) is 0 Å². The molecule has 158 valence electrons. The van der Waals surface area contributed by atoms with Gasteiger partial charge in [-0.05, 0) is 42.0 Å². The highest BCUT2D eigenvalue weighted by Crippen LogP contribution is 2.18. The van der Waals surface area contributed by atoms with Gasteiger partial charge in [0.1, 0.15) is 0 Å². The Morgan fingerprint density at radius 1 is 0.750 bits per heavy atom. The van der Waals surface area contributed by atoms with E-state index in [-0.39, 0.29) is 11.5 Å². The molecule has 0 bridgehead atoms. The van der Waals surface area contributed by atoms with E-state index in [0.29, 0.717) is 17.5 Å². The van der Waals surface area contributed by atoms with Crippen LogP contribution in [-0.2, 0) is 0 Å². The molecule has 1 aromatic heterocycles. The Kier molecular flexibility index (Phi) is 6.28. The van der Waals surface area contributed by atoms with Crippen LogP contribution in [-0.4, -0.2) is 32.2 Å². The maximum atomic E-state index is 11.1. The number of aromatic carboxylic acids is 1. The Bertz CT molecular complexity index is 1170. The van der Waals surface area contributed by atoms with E-state index in [0.717, 1.165) is 11.4 Å². The van der Waals surface area contributed by atoms with E-state index in [1.54, 1.807) is 12.1 Å². The summed E-state index contributed by atoms with van der Waals surface area (Å²) >= 11 is 0. The minimum atomic E-state index is -1.00. The average Bonchev–Trinajstić information content (AvgIpc) is 2.80. The van der Waals surface area contributed by atoms with Gasteiger partial charge in [0, 0.05) is 11.4 Å². The van der Waals surface area contributed by atoms with Gasteiger partial charge >= 0.3 is 5.97 Å². The van der Waals surface area contributed by atoms with Gasteiger partial charge in [0.05, 0.1) is 11.8 Å². The fraction of sp³-hybridized carbons (Fsp3) is 0. The molecular formula is C23H19N7O2. The first-order valence-electron chi connectivity index (χ1n) is 9.68. The first-order valence-corrected chi connectivity index (χ1v) is 9.68. The summed E-state index contributed by atoms with van der Waals surface area (Å²) in [5, 5.41) is 19.5. The normalized spacial score (nSPS) is 10.6. The third-order valence-corrected chi connectivity index (χ3v) is 4.21. The van der Waals surface area contributed by atoms with Crippen LogP contribution in [0.15, 0.2) is 90.0 Å². The highest BCUT2D eigenvalue weighted by molar-refractivity contribution is 5.91. The van der Waals surface area contributed by atoms with Gasteiger partial charge in [-0.1, -0.05) is 48.5 Å². The van der Waals surface area contributed by atoms with E-state index in [4.69, 9.17) is 5.11 Å². The van der Waals surface area contributed by atoms with Crippen molar-refractivity contribution in [3.63, 3.8) is 0 Å². The number of hydrogen-bond acceptors (Lipinski definition) is 8. The molecule has 0 amide bonds. The molecule has 9 nitrogen and oxygen atoms in total. The lowest BCUT2D eigenvalue weighted by atomic mass is 10.1. The Hall–Kier alpha value is -4.79. The highest BCUT2D eigenvalue weighted by Gasteiger charge is 2.07. The second-order valence-corrected chi connectivity index (χ2v) is 6.59. The van der Waals surface area contributed by atoms with Crippen LogP contribution >= 0.6 is 0 Å². The number of nitrogens with one attached hydrogen (secondary N) is 3. The zero-order chi connectivity index (χ0) is 22.2. The molecule has 0 aliphatic heterocycles. The number of carbonyl (C=O) groups is 1. The van der Waals surface area contributed by atoms with Crippen LogP contribution in [0.1, 0.15) is 15.9 Å². The molecule has 1 heterocycles. The lowest BCUT2D eigenvalue weighted by Gasteiger charge is -2.10. The predicted molar refractivity (Wildman–Crippen MR) is 124 cm³/mol. The third-order valence-electron chi connectivity index (χ3n) is 4.21. The number of carboxylic acid groups (broad SMARTS) is 1. The zero-order valence-electron chi connectivity index (χ0n) is 16.8. The SMILES string of the molecule is O=C(O)c1cccc(C=NNc2nc(Nc3ccccc3)nc(Nc3ccccc3)n2)c1. The monoisotopic (exact) mass is 425 g/mol. The topological polar surface area (TPSA) is 124 Å². The number of para-hydroxylation sites is 2. The Balaban J connectivity index is 1.56. The minimum absolute atomic E-state index is 0.179. The number of rotatable bonds is 8. The minimum Gasteiger partial charge on any atom is -0.478 e. The van der Waals surface area contributed by atoms with Crippen molar-refractivity contribution in [3.05, 3.63) is 96.1 Å². The molecule has 4 rings (SSSR count). The number of anilines is 5. The van der Waals surface area contributed by atoms with Gasteiger partial charge in [-0.2, -0.15) is 20.1 Å². The molecule has 4 aromatic rings. The standard InChI is InChI=1S/C23H19N7O2/c31-20(32)17-9-7-8-16(14-17)15-24-30-23-28-21(25-18-10-3-1-4-11-18)27-22(29-23)26-19-12-5-2-6-13-19/h1-15H,(H,31,32)(H3,25,26,27,28,29,30). The first kappa shape index (κ1) is 20.5. The maximum Gasteiger partial charge on any atom is 0.335 e.